The van der Waals surface area contributed by atoms with Gasteiger partial charge in [0.1, 0.15) is 0 Å². The molecule has 1 aromatic rings. The van der Waals surface area contributed by atoms with E-state index in [1.807, 2.05) is 0 Å². The largest absolute Gasteiger partial charge is 0.317 e. The maximum Gasteiger partial charge on any atom is 0.0119 e. The Labute approximate surface area is 111 Å². The second-order valence-corrected chi connectivity index (χ2v) is 5.20. The summed E-state index contributed by atoms with van der Waals surface area (Å²) in [6.07, 6.45) is 5.13. The normalized spacial score (nSPS) is 17.2. The van der Waals surface area contributed by atoms with Gasteiger partial charge in [-0.25, -0.2) is 0 Å². The van der Waals surface area contributed by atoms with Gasteiger partial charge in [0.25, 0.3) is 0 Å². The van der Waals surface area contributed by atoms with Gasteiger partial charge in [-0.3, -0.25) is 0 Å². The number of aryl methyl sites for hydroxylation is 1. The molecule has 1 saturated heterocycles. The van der Waals surface area contributed by atoms with Crippen LogP contribution in [0.2, 0.25) is 0 Å². The number of nitrogens with zero attached hydrogens (tertiary/aromatic N) is 1. The van der Waals surface area contributed by atoms with Gasteiger partial charge in [-0.1, -0.05) is 37.3 Å². The summed E-state index contributed by atoms with van der Waals surface area (Å²) in [5.41, 5.74) is 1.47. The van der Waals surface area contributed by atoms with Crippen LogP contribution in [0.15, 0.2) is 30.3 Å². The molecule has 100 valence electrons. The fourth-order valence-corrected chi connectivity index (χ4v) is 2.90. The van der Waals surface area contributed by atoms with Crippen molar-refractivity contribution in [2.75, 3.05) is 26.2 Å². The fraction of sp³-hybridized carbons (Fsp3) is 0.625. The lowest BCUT2D eigenvalue weighted by atomic mass is 10.0. The Morgan fingerprint density at radius 3 is 2.56 bits per heavy atom. The van der Waals surface area contributed by atoms with Crippen LogP contribution in [0.5, 0.6) is 0 Å². The molecule has 0 saturated carbocycles. The van der Waals surface area contributed by atoms with Crippen LogP contribution in [-0.2, 0) is 6.42 Å². The topological polar surface area (TPSA) is 15.3 Å². The molecule has 2 heteroatoms. The Hall–Kier alpha value is -0.860. The molecule has 0 radical (unpaired) electrons. The van der Waals surface area contributed by atoms with Gasteiger partial charge < -0.3 is 10.2 Å². The maximum atomic E-state index is 3.45. The summed E-state index contributed by atoms with van der Waals surface area (Å²) in [5.74, 6) is 0. The van der Waals surface area contributed by atoms with E-state index in [-0.39, 0.29) is 0 Å². The van der Waals surface area contributed by atoms with Crippen molar-refractivity contribution in [1.82, 2.24) is 10.2 Å². The molecule has 18 heavy (non-hydrogen) atoms. The molecular weight excluding hydrogens is 220 g/mol. The smallest absolute Gasteiger partial charge is 0.0119 e. The molecule has 1 fully saturated rings. The van der Waals surface area contributed by atoms with Crippen molar-refractivity contribution in [2.45, 2.75) is 38.6 Å². The Morgan fingerprint density at radius 1 is 1.17 bits per heavy atom. The molecule has 0 unspecified atom stereocenters. The van der Waals surface area contributed by atoms with Crippen LogP contribution in [0.4, 0.5) is 0 Å². The number of hydrogen-bond acceptors (Lipinski definition) is 2. The van der Waals surface area contributed by atoms with E-state index < -0.39 is 0 Å². The molecule has 0 spiro atoms. The molecule has 0 aromatic heterocycles. The van der Waals surface area contributed by atoms with Crippen molar-refractivity contribution >= 4 is 0 Å². The first-order valence-electron chi connectivity index (χ1n) is 7.39. The highest BCUT2D eigenvalue weighted by atomic mass is 15.2. The van der Waals surface area contributed by atoms with Gasteiger partial charge in [-0.2, -0.15) is 0 Å². The molecular formula is C16H26N2. The summed E-state index contributed by atoms with van der Waals surface area (Å²) in [6, 6.07) is 11.7. The van der Waals surface area contributed by atoms with Crippen LogP contribution < -0.4 is 5.32 Å². The van der Waals surface area contributed by atoms with Crippen molar-refractivity contribution in [1.29, 1.82) is 0 Å². The molecule has 0 amide bonds. The van der Waals surface area contributed by atoms with E-state index in [2.05, 4.69) is 47.5 Å². The first kappa shape index (κ1) is 13.6. The third-order valence-corrected chi connectivity index (χ3v) is 3.98. The zero-order chi connectivity index (χ0) is 12.6. The zero-order valence-corrected chi connectivity index (χ0v) is 11.6. The lowest BCUT2D eigenvalue weighted by Gasteiger charge is -2.33. The third kappa shape index (κ3) is 4.11. The molecule has 2 rings (SSSR count). The third-order valence-electron chi connectivity index (χ3n) is 3.98. The van der Waals surface area contributed by atoms with Crippen molar-refractivity contribution in [3.8, 4) is 0 Å². The van der Waals surface area contributed by atoms with Crippen molar-refractivity contribution in [3.05, 3.63) is 35.9 Å². The second-order valence-electron chi connectivity index (χ2n) is 5.20. The molecule has 1 aliphatic rings. The maximum absolute atomic E-state index is 3.45. The molecule has 2 nitrogen and oxygen atoms in total. The lowest BCUT2D eigenvalue weighted by Crippen LogP contribution is -2.43. The van der Waals surface area contributed by atoms with Gasteiger partial charge in [-0.05, 0) is 57.4 Å². The molecule has 1 aliphatic heterocycles. The van der Waals surface area contributed by atoms with E-state index in [1.165, 1.54) is 57.4 Å². The lowest BCUT2D eigenvalue weighted by molar-refractivity contribution is 0.168. The van der Waals surface area contributed by atoms with Crippen LogP contribution in [0.1, 0.15) is 31.7 Å². The Morgan fingerprint density at radius 2 is 1.89 bits per heavy atom. The van der Waals surface area contributed by atoms with Gasteiger partial charge in [0.15, 0.2) is 0 Å². The summed E-state index contributed by atoms with van der Waals surface area (Å²) in [7, 11) is 0. The highest BCUT2D eigenvalue weighted by Gasteiger charge is 2.18. The number of hydrogen-bond donors (Lipinski definition) is 1. The quantitative estimate of drug-likeness (QED) is 0.830. The second kappa shape index (κ2) is 7.55. The van der Waals surface area contributed by atoms with E-state index in [0.717, 1.165) is 6.04 Å². The van der Waals surface area contributed by atoms with Gasteiger partial charge >= 0.3 is 0 Å². The molecule has 0 atom stereocenters. The average molecular weight is 246 g/mol. The van der Waals surface area contributed by atoms with Crippen molar-refractivity contribution in [3.63, 3.8) is 0 Å². The molecule has 1 N–H and O–H groups in total. The minimum Gasteiger partial charge on any atom is -0.317 e. The predicted octanol–water partition coefficient (Wildman–Crippen LogP) is 2.69. The highest BCUT2D eigenvalue weighted by molar-refractivity contribution is 5.14. The van der Waals surface area contributed by atoms with E-state index in [9.17, 15) is 0 Å². The van der Waals surface area contributed by atoms with Crippen LogP contribution in [0.3, 0.4) is 0 Å². The van der Waals surface area contributed by atoms with Gasteiger partial charge in [0, 0.05) is 6.04 Å². The van der Waals surface area contributed by atoms with Gasteiger partial charge in [-0.15, -0.1) is 0 Å². The monoisotopic (exact) mass is 246 g/mol. The van der Waals surface area contributed by atoms with E-state index in [1.54, 1.807) is 0 Å². The number of rotatable bonds is 6. The minimum absolute atomic E-state index is 0.812. The molecule has 0 bridgehead atoms. The summed E-state index contributed by atoms with van der Waals surface area (Å²) in [5, 5.41) is 3.45. The number of piperidine rings is 1. The van der Waals surface area contributed by atoms with E-state index in [4.69, 9.17) is 0 Å². The summed E-state index contributed by atoms with van der Waals surface area (Å²) < 4.78 is 0. The summed E-state index contributed by atoms with van der Waals surface area (Å²) >= 11 is 0. The van der Waals surface area contributed by atoms with E-state index in [0.29, 0.717) is 0 Å². The first-order valence-corrected chi connectivity index (χ1v) is 7.39. The highest BCUT2D eigenvalue weighted by Crippen LogP contribution is 2.13. The summed E-state index contributed by atoms with van der Waals surface area (Å²) in [4.78, 5) is 2.67. The molecule has 1 heterocycles. The average Bonchev–Trinajstić information content (AvgIpc) is 2.46. The van der Waals surface area contributed by atoms with Crippen molar-refractivity contribution < 1.29 is 0 Å². The SMILES string of the molecule is CCN(CCCc1ccccc1)C1CCNCC1. The Bertz CT molecular complexity index is 317. The van der Waals surface area contributed by atoms with Crippen LogP contribution in [-0.4, -0.2) is 37.1 Å². The van der Waals surface area contributed by atoms with Crippen molar-refractivity contribution in [2.24, 2.45) is 0 Å². The van der Waals surface area contributed by atoms with Crippen LogP contribution in [0, 0.1) is 0 Å². The van der Waals surface area contributed by atoms with Gasteiger partial charge in [0.05, 0.1) is 0 Å². The molecule has 1 aromatic carbocycles. The predicted molar refractivity (Wildman–Crippen MR) is 77.9 cm³/mol. The molecule has 0 aliphatic carbocycles. The fourth-order valence-electron chi connectivity index (χ4n) is 2.90. The summed E-state index contributed by atoms with van der Waals surface area (Å²) in [6.45, 7) is 7.12. The Kier molecular flexibility index (Phi) is 5.69. The van der Waals surface area contributed by atoms with Crippen LogP contribution in [0.25, 0.3) is 0 Å². The van der Waals surface area contributed by atoms with Gasteiger partial charge in [0.2, 0.25) is 0 Å². The van der Waals surface area contributed by atoms with E-state index >= 15 is 0 Å². The number of benzene rings is 1. The first-order chi connectivity index (χ1) is 8.90. The Balaban J connectivity index is 1.73. The minimum atomic E-state index is 0.812. The zero-order valence-electron chi connectivity index (χ0n) is 11.6. The number of nitrogens with one attached hydrogen (secondary N) is 1. The standard InChI is InChI=1S/C16H26N2/c1-2-18(16-10-12-17-13-11-16)14-6-9-15-7-4-3-5-8-15/h3-5,7-8,16-17H,2,6,9-14H2,1H3. The van der Waals surface area contributed by atoms with Crippen LogP contribution >= 0.6 is 0 Å².